The second-order valence-electron chi connectivity index (χ2n) is 21.3. The van der Waals surface area contributed by atoms with Crippen molar-refractivity contribution in [1.82, 2.24) is 39.2 Å². The van der Waals surface area contributed by atoms with Crippen LogP contribution >= 0.6 is 0 Å². The van der Waals surface area contributed by atoms with E-state index in [9.17, 15) is 24.3 Å². The van der Waals surface area contributed by atoms with E-state index < -0.39 is 23.6 Å². The number of aryl methyl sites for hydroxylation is 3. The number of hydrogen-bond acceptors (Lipinski definition) is 14. The van der Waals surface area contributed by atoms with Crippen molar-refractivity contribution >= 4 is 56.4 Å². The lowest BCUT2D eigenvalue weighted by Crippen LogP contribution is -2.48. The lowest BCUT2D eigenvalue weighted by Gasteiger charge is -2.35. The van der Waals surface area contributed by atoms with Crippen LogP contribution in [0.3, 0.4) is 0 Å². The number of piperidine rings is 2. The summed E-state index contributed by atoms with van der Waals surface area (Å²) in [6, 6.07) is 10.5. The average molecular weight is 1050 g/mol. The highest BCUT2D eigenvalue weighted by molar-refractivity contribution is 6.03. The van der Waals surface area contributed by atoms with Crippen LogP contribution < -0.4 is 20.6 Å². The molecule has 9 heterocycles. The number of likely N-dealkylation sites (tertiary alicyclic amines) is 1. The van der Waals surface area contributed by atoms with Crippen LogP contribution in [0.25, 0.3) is 44.0 Å². The quantitative estimate of drug-likeness (QED) is 0.110. The summed E-state index contributed by atoms with van der Waals surface area (Å²) in [6.45, 7) is 5.96. The zero-order chi connectivity index (χ0) is 53.1. The van der Waals surface area contributed by atoms with E-state index in [0.29, 0.717) is 115 Å². The van der Waals surface area contributed by atoms with Gasteiger partial charge < -0.3 is 33.9 Å². The number of ether oxygens (including phenoxy) is 4. The van der Waals surface area contributed by atoms with Crippen molar-refractivity contribution in [1.29, 1.82) is 0 Å². The SMILES string of the molecule is CCc1c(F)ccc2cc(O)cc(-c3nc4c5c(nc(OC[C@@]67CCCN6[C@H](COC(=O)N6CCC(OCC#Cc8cccc9c8n(C)c(=O)n9C8CCC(=O)NC8=O)CC6)CC7)nc5c3F)N3CCCOC[C@@H]3CC4)c12. The van der Waals surface area contributed by atoms with Crippen LogP contribution in [0.4, 0.5) is 19.4 Å². The Bertz CT molecular complexity index is 3490. The Morgan fingerprint density at radius 3 is 2.65 bits per heavy atom. The number of carbonyl (C=O) groups excluding carboxylic acids is 3. The molecule has 5 saturated heterocycles. The molecule has 6 aromatic rings. The smallest absolute Gasteiger partial charge is 0.409 e. The second-order valence-corrected chi connectivity index (χ2v) is 21.3. The highest BCUT2D eigenvalue weighted by Gasteiger charge is 2.50. The highest BCUT2D eigenvalue weighted by Crippen LogP contribution is 2.45. The van der Waals surface area contributed by atoms with Gasteiger partial charge in [-0.2, -0.15) is 9.97 Å². The first kappa shape index (κ1) is 50.6. The number of aromatic nitrogens is 5. The number of rotatable bonds is 10. The van der Waals surface area contributed by atoms with E-state index in [1.165, 1.54) is 21.3 Å². The number of phenols is 1. The number of halogens is 2. The summed E-state index contributed by atoms with van der Waals surface area (Å²) < 4.78 is 60.6. The van der Waals surface area contributed by atoms with E-state index in [1.54, 1.807) is 36.2 Å². The standard InChI is InChI=1S/C57H61F2N9O9/c1-3-39-41(58)13-11-34-28-37(69)29-40(46(34)39)49-48(59)50-47-42(60-49)14-12-35-30-74-26-7-22-66(35)52(47)63-54(62-50)77-32-57-20-6-23-67(57)36(17-21-57)31-76-56(73)65-24-18-38(19-25-65)75-27-5-9-33-8-4-10-43-51(33)64(2)55(72)68(43)44-15-16-45(70)61-53(44)71/h4,8,10-11,13,28-29,35-36,38,44,69H,3,6-7,12,14-27,30-32H2,1-2H3,(H,61,70,71)/t35-,36-,44?,57-/m0/s1. The Morgan fingerprint density at radius 1 is 0.961 bits per heavy atom. The van der Waals surface area contributed by atoms with Gasteiger partial charge >= 0.3 is 17.8 Å². The van der Waals surface area contributed by atoms with E-state index >= 15 is 8.78 Å². The fraction of sp³-hybridized carbons (Fsp3) is 0.491. The predicted octanol–water partition coefficient (Wildman–Crippen LogP) is 6.61. The molecule has 0 radical (unpaired) electrons. The van der Waals surface area contributed by atoms with Gasteiger partial charge in [-0.25, -0.2) is 23.4 Å². The lowest BCUT2D eigenvalue weighted by molar-refractivity contribution is -0.135. The van der Waals surface area contributed by atoms with Crippen molar-refractivity contribution in [2.75, 3.05) is 64.1 Å². The number of anilines is 1. The number of hydrogen-bond donors (Lipinski definition) is 2. The van der Waals surface area contributed by atoms with Crippen molar-refractivity contribution in [3.05, 3.63) is 81.4 Å². The van der Waals surface area contributed by atoms with Crippen molar-refractivity contribution in [3.8, 4) is 34.9 Å². The van der Waals surface area contributed by atoms with Crippen LogP contribution in [-0.4, -0.2) is 140 Å². The Hall–Kier alpha value is -7.21. The van der Waals surface area contributed by atoms with Crippen LogP contribution in [-0.2, 0) is 43.7 Å². The molecule has 6 aliphatic rings. The fourth-order valence-electron chi connectivity index (χ4n) is 13.0. The number of imidazole rings is 1. The minimum Gasteiger partial charge on any atom is -0.508 e. The fourth-order valence-corrected chi connectivity index (χ4v) is 13.0. The Labute approximate surface area is 442 Å². The lowest BCUT2D eigenvalue weighted by atomic mass is 9.94. The van der Waals surface area contributed by atoms with Gasteiger partial charge in [0.25, 0.3) is 0 Å². The van der Waals surface area contributed by atoms with Gasteiger partial charge in [0.05, 0.1) is 52.0 Å². The third-order valence-electron chi connectivity index (χ3n) is 16.8. The summed E-state index contributed by atoms with van der Waals surface area (Å²) in [4.78, 5) is 72.4. The number of pyridine rings is 1. The maximum atomic E-state index is 17.5. The van der Waals surface area contributed by atoms with E-state index in [0.717, 1.165) is 38.6 Å². The Kier molecular flexibility index (Phi) is 13.6. The molecule has 3 amide bonds. The number of phenolic OH excluding ortho intramolecular Hbond substituents is 1. The van der Waals surface area contributed by atoms with Gasteiger partial charge in [-0.1, -0.05) is 30.9 Å². The van der Waals surface area contributed by atoms with Gasteiger partial charge in [-0.05, 0) is 124 Å². The van der Waals surface area contributed by atoms with Gasteiger partial charge in [0.2, 0.25) is 11.8 Å². The minimum atomic E-state index is -0.788. The molecule has 0 aliphatic carbocycles. The largest absolute Gasteiger partial charge is 0.508 e. The molecule has 1 unspecified atom stereocenters. The Balaban J connectivity index is 0.701. The molecule has 402 valence electrons. The first-order valence-electron chi connectivity index (χ1n) is 27.0. The van der Waals surface area contributed by atoms with Crippen LogP contribution in [0, 0.1) is 23.5 Å². The minimum absolute atomic E-state index is 0.0163. The van der Waals surface area contributed by atoms with E-state index in [4.69, 9.17) is 33.9 Å². The molecule has 4 atom stereocenters. The summed E-state index contributed by atoms with van der Waals surface area (Å²) in [6.07, 6.45) is 6.86. The summed E-state index contributed by atoms with van der Waals surface area (Å²) in [5.41, 5.74) is 2.41. The van der Waals surface area contributed by atoms with Gasteiger partial charge in [0, 0.05) is 51.3 Å². The number of para-hydroxylation sites is 1. The molecule has 0 bridgehead atoms. The van der Waals surface area contributed by atoms with Crippen molar-refractivity contribution in [3.63, 3.8) is 0 Å². The molecule has 77 heavy (non-hydrogen) atoms. The second kappa shape index (κ2) is 20.6. The molecule has 6 aliphatic heterocycles. The van der Waals surface area contributed by atoms with Gasteiger partial charge in [0.15, 0.2) is 5.82 Å². The number of imide groups is 1. The first-order chi connectivity index (χ1) is 37.4. The van der Waals surface area contributed by atoms with E-state index in [-0.39, 0.29) is 103 Å². The molecule has 5 fully saturated rings. The maximum Gasteiger partial charge on any atom is 0.409 e. The van der Waals surface area contributed by atoms with Crippen LogP contribution in [0.1, 0.15) is 94.0 Å². The van der Waals surface area contributed by atoms with Crippen LogP contribution in [0.5, 0.6) is 11.8 Å². The van der Waals surface area contributed by atoms with Gasteiger partial charge in [-0.15, -0.1) is 0 Å². The van der Waals surface area contributed by atoms with E-state index in [1.807, 2.05) is 13.0 Å². The molecule has 12 rings (SSSR count). The number of amides is 3. The van der Waals surface area contributed by atoms with Crippen molar-refractivity contribution in [2.45, 2.75) is 114 Å². The van der Waals surface area contributed by atoms with Crippen LogP contribution in [0.15, 0.2) is 47.3 Å². The average Bonchev–Trinajstić information content (AvgIpc) is 4.11. The summed E-state index contributed by atoms with van der Waals surface area (Å²) in [5.74, 6) is 4.72. The number of nitrogens with zero attached hydrogens (tertiary/aromatic N) is 8. The molecular formula is C57H61F2N9O9. The number of fused-ring (bicyclic) bond motifs is 5. The topological polar surface area (TPSA) is 196 Å². The molecule has 3 aromatic heterocycles. The number of carbonyl (C=O) groups is 3. The summed E-state index contributed by atoms with van der Waals surface area (Å²) in [5, 5.41) is 14.8. The maximum absolute atomic E-state index is 17.5. The molecule has 18 nitrogen and oxygen atoms in total. The Morgan fingerprint density at radius 2 is 1.82 bits per heavy atom. The molecule has 0 saturated carbocycles. The third-order valence-corrected chi connectivity index (χ3v) is 16.8. The zero-order valence-corrected chi connectivity index (χ0v) is 43.2. The van der Waals surface area contributed by atoms with Gasteiger partial charge in [0.1, 0.15) is 54.5 Å². The molecule has 3 aromatic carbocycles. The number of benzene rings is 3. The predicted molar refractivity (Wildman–Crippen MR) is 281 cm³/mol. The summed E-state index contributed by atoms with van der Waals surface area (Å²) in [7, 11) is 1.64. The highest BCUT2D eigenvalue weighted by atomic mass is 19.1. The first-order valence-corrected chi connectivity index (χ1v) is 27.0. The van der Waals surface area contributed by atoms with Gasteiger partial charge in [-0.3, -0.25) is 28.9 Å². The molecule has 2 N–H and O–H groups in total. The number of aromatic hydroxyl groups is 1. The monoisotopic (exact) mass is 1050 g/mol. The molecule has 0 spiro atoms. The molecular weight excluding hydrogens is 993 g/mol. The van der Waals surface area contributed by atoms with Crippen molar-refractivity contribution < 1.29 is 47.2 Å². The zero-order valence-electron chi connectivity index (χ0n) is 43.2. The van der Waals surface area contributed by atoms with E-state index in [2.05, 4.69) is 27.0 Å². The normalized spacial score (nSPS) is 22.9. The van der Waals surface area contributed by atoms with Crippen LogP contribution in [0.2, 0.25) is 0 Å². The number of nitrogens with one attached hydrogen (secondary N) is 1. The summed E-state index contributed by atoms with van der Waals surface area (Å²) >= 11 is 0. The molecule has 20 heteroatoms. The third kappa shape index (κ3) is 9.18. The van der Waals surface area contributed by atoms with Crippen molar-refractivity contribution in [2.24, 2.45) is 7.05 Å².